The van der Waals surface area contributed by atoms with Gasteiger partial charge in [0, 0.05) is 10.0 Å². The molecule has 0 amide bonds. The van der Waals surface area contributed by atoms with Gasteiger partial charge in [-0.2, -0.15) is 0 Å². The third-order valence-electron chi connectivity index (χ3n) is 2.22. The van der Waals surface area contributed by atoms with E-state index in [1.54, 1.807) is 12.1 Å². The lowest BCUT2D eigenvalue weighted by Gasteiger charge is -2.08. The highest BCUT2D eigenvalue weighted by molar-refractivity contribution is 9.10. The first-order valence-electron chi connectivity index (χ1n) is 4.74. The molecule has 1 aromatic carbocycles. The maximum Gasteiger partial charge on any atom is 0.278 e. The standard InChI is InChI=1S/C11H9BrN2O3/c1-16-10-11(17-2)14-9-6(5-15)3-7(12)4-8(9)13-10/h3-5H,1-2H3. The lowest BCUT2D eigenvalue weighted by molar-refractivity contribution is 0.112. The van der Waals surface area contributed by atoms with Crippen LogP contribution in [0.5, 0.6) is 11.8 Å². The van der Waals surface area contributed by atoms with Crippen molar-refractivity contribution >= 4 is 33.2 Å². The molecule has 1 aromatic heterocycles. The van der Waals surface area contributed by atoms with Crippen LogP contribution in [0.2, 0.25) is 0 Å². The summed E-state index contributed by atoms with van der Waals surface area (Å²) in [6, 6.07) is 3.44. The van der Waals surface area contributed by atoms with E-state index < -0.39 is 0 Å². The van der Waals surface area contributed by atoms with E-state index in [0.717, 1.165) is 10.8 Å². The van der Waals surface area contributed by atoms with Crippen molar-refractivity contribution in [3.8, 4) is 11.8 Å². The molecule has 17 heavy (non-hydrogen) atoms. The molecular weight excluding hydrogens is 288 g/mol. The molecule has 0 saturated heterocycles. The minimum atomic E-state index is 0.255. The SMILES string of the molecule is COc1nc2cc(Br)cc(C=O)c2nc1OC. The summed E-state index contributed by atoms with van der Waals surface area (Å²) in [4.78, 5) is 19.4. The molecule has 0 aliphatic rings. The van der Waals surface area contributed by atoms with Gasteiger partial charge < -0.3 is 9.47 Å². The summed E-state index contributed by atoms with van der Waals surface area (Å²) < 4.78 is 10.9. The van der Waals surface area contributed by atoms with Crippen molar-refractivity contribution in [3.63, 3.8) is 0 Å². The maximum absolute atomic E-state index is 11.0. The van der Waals surface area contributed by atoms with Gasteiger partial charge in [-0.05, 0) is 12.1 Å². The second kappa shape index (κ2) is 4.67. The molecule has 0 fully saturated rings. The molecule has 0 aliphatic heterocycles. The topological polar surface area (TPSA) is 61.3 Å². The van der Waals surface area contributed by atoms with Crippen LogP contribution in [0.1, 0.15) is 10.4 Å². The number of carbonyl (C=O) groups is 1. The number of nitrogens with zero attached hydrogens (tertiary/aromatic N) is 2. The van der Waals surface area contributed by atoms with Crippen molar-refractivity contribution in [1.82, 2.24) is 9.97 Å². The van der Waals surface area contributed by atoms with Gasteiger partial charge in [0.15, 0.2) is 6.29 Å². The van der Waals surface area contributed by atoms with Gasteiger partial charge in [-0.1, -0.05) is 15.9 Å². The molecule has 0 unspecified atom stereocenters. The molecule has 2 rings (SSSR count). The predicted octanol–water partition coefficient (Wildman–Crippen LogP) is 2.22. The van der Waals surface area contributed by atoms with E-state index in [1.807, 2.05) is 0 Å². The highest BCUT2D eigenvalue weighted by Gasteiger charge is 2.12. The average molecular weight is 297 g/mol. The van der Waals surface area contributed by atoms with Gasteiger partial charge in [-0.3, -0.25) is 4.79 Å². The Kier molecular flexibility index (Phi) is 3.23. The lowest BCUT2D eigenvalue weighted by atomic mass is 10.2. The number of aromatic nitrogens is 2. The Bertz CT molecular complexity index is 586. The third kappa shape index (κ3) is 2.08. The van der Waals surface area contributed by atoms with Gasteiger partial charge in [0.2, 0.25) is 0 Å². The smallest absolute Gasteiger partial charge is 0.278 e. The lowest BCUT2D eigenvalue weighted by Crippen LogP contribution is -1.99. The van der Waals surface area contributed by atoms with Gasteiger partial charge in [0.1, 0.15) is 5.52 Å². The third-order valence-corrected chi connectivity index (χ3v) is 2.67. The molecule has 6 heteroatoms. The molecule has 1 heterocycles. The fourth-order valence-corrected chi connectivity index (χ4v) is 1.94. The van der Waals surface area contributed by atoms with Crippen LogP contribution in [0.4, 0.5) is 0 Å². The number of rotatable bonds is 3. The summed E-state index contributed by atoms with van der Waals surface area (Å²) in [5.41, 5.74) is 1.50. The van der Waals surface area contributed by atoms with E-state index >= 15 is 0 Å². The molecule has 0 atom stereocenters. The second-order valence-corrected chi connectivity index (χ2v) is 4.14. The van der Waals surface area contributed by atoms with Crippen molar-refractivity contribution in [2.45, 2.75) is 0 Å². The summed E-state index contributed by atoms with van der Waals surface area (Å²) in [6.45, 7) is 0. The summed E-state index contributed by atoms with van der Waals surface area (Å²) in [7, 11) is 2.95. The first-order chi connectivity index (χ1) is 8.19. The molecule has 0 saturated carbocycles. The summed E-state index contributed by atoms with van der Waals surface area (Å²) in [5, 5.41) is 0. The van der Waals surface area contributed by atoms with Crippen molar-refractivity contribution in [1.29, 1.82) is 0 Å². The zero-order chi connectivity index (χ0) is 12.4. The quantitative estimate of drug-likeness (QED) is 0.813. The second-order valence-electron chi connectivity index (χ2n) is 3.22. The Morgan fingerprint density at radius 1 is 1.18 bits per heavy atom. The average Bonchev–Trinajstić information content (AvgIpc) is 2.35. The number of benzene rings is 1. The zero-order valence-corrected chi connectivity index (χ0v) is 10.8. The van der Waals surface area contributed by atoms with Crippen LogP contribution >= 0.6 is 15.9 Å². The van der Waals surface area contributed by atoms with Gasteiger partial charge in [0.05, 0.1) is 19.7 Å². The maximum atomic E-state index is 11.0. The number of carbonyl (C=O) groups excluding carboxylic acids is 1. The first kappa shape index (κ1) is 11.8. The normalized spacial score (nSPS) is 10.3. The molecule has 0 spiro atoms. The highest BCUT2D eigenvalue weighted by Crippen LogP contribution is 2.28. The Morgan fingerprint density at radius 3 is 2.41 bits per heavy atom. The summed E-state index contributed by atoms with van der Waals surface area (Å²) in [6.07, 6.45) is 0.730. The number of aldehydes is 1. The van der Waals surface area contributed by atoms with Gasteiger partial charge in [-0.15, -0.1) is 0 Å². The predicted molar refractivity (Wildman–Crippen MR) is 65.7 cm³/mol. The van der Waals surface area contributed by atoms with Crippen LogP contribution in [-0.2, 0) is 0 Å². The van der Waals surface area contributed by atoms with E-state index in [-0.39, 0.29) is 11.8 Å². The Morgan fingerprint density at radius 2 is 1.82 bits per heavy atom. The molecule has 0 aliphatic carbocycles. The minimum absolute atomic E-state index is 0.255. The fraction of sp³-hybridized carbons (Fsp3) is 0.182. The molecule has 5 nitrogen and oxygen atoms in total. The monoisotopic (exact) mass is 296 g/mol. The number of hydrogen-bond donors (Lipinski definition) is 0. The van der Waals surface area contributed by atoms with Crippen LogP contribution in [0, 0.1) is 0 Å². The Hall–Kier alpha value is -1.69. The highest BCUT2D eigenvalue weighted by atomic mass is 79.9. The largest absolute Gasteiger partial charge is 0.477 e. The van der Waals surface area contributed by atoms with Crippen LogP contribution in [0.3, 0.4) is 0 Å². The van der Waals surface area contributed by atoms with Crippen molar-refractivity contribution in [2.75, 3.05) is 14.2 Å². The molecule has 2 aromatic rings. The zero-order valence-electron chi connectivity index (χ0n) is 9.23. The van der Waals surface area contributed by atoms with Crippen LogP contribution in [-0.4, -0.2) is 30.5 Å². The van der Waals surface area contributed by atoms with Gasteiger partial charge in [0.25, 0.3) is 11.8 Å². The summed E-state index contributed by atoms with van der Waals surface area (Å²) >= 11 is 3.31. The van der Waals surface area contributed by atoms with Crippen molar-refractivity contribution in [2.24, 2.45) is 0 Å². The molecular formula is C11H9BrN2O3. The molecule has 0 N–H and O–H groups in total. The summed E-state index contributed by atoms with van der Waals surface area (Å²) in [5.74, 6) is 0.542. The minimum Gasteiger partial charge on any atom is -0.477 e. The van der Waals surface area contributed by atoms with E-state index in [0.29, 0.717) is 16.6 Å². The van der Waals surface area contributed by atoms with Gasteiger partial charge >= 0.3 is 0 Å². The molecule has 88 valence electrons. The van der Waals surface area contributed by atoms with Crippen LogP contribution < -0.4 is 9.47 Å². The Balaban J connectivity index is 2.81. The van der Waals surface area contributed by atoms with E-state index in [4.69, 9.17) is 9.47 Å². The first-order valence-corrected chi connectivity index (χ1v) is 5.53. The molecule has 0 bridgehead atoms. The van der Waals surface area contributed by atoms with E-state index in [9.17, 15) is 4.79 Å². The Labute approximate surface area is 106 Å². The van der Waals surface area contributed by atoms with Crippen LogP contribution in [0.15, 0.2) is 16.6 Å². The van der Waals surface area contributed by atoms with Crippen LogP contribution in [0.25, 0.3) is 11.0 Å². The number of ether oxygens (including phenoxy) is 2. The van der Waals surface area contributed by atoms with Gasteiger partial charge in [-0.25, -0.2) is 9.97 Å². The van der Waals surface area contributed by atoms with E-state index in [2.05, 4.69) is 25.9 Å². The number of methoxy groups -OCH3 is 2. The van der Waals surface area contributed by atoms with E-state index in [1.165, 1.54) is 14.2 Å². The van der Waals surface area contributed by atoms with Crippen molar-refractivity contribution < 1.29 is 14.3 Å². The number of hydrogen-bond acceptors (Lipinski definition) is 5. The number of fused-ring (bicyclic) bond motifs is 1. The fourth-order valence-electron chi connectivity index (χ4n) is 1.47. The number of halogens is 1. The molecule has 0 radical (unpaired) electrons. The van der Waals surface area contributed by atoms with Crippen molar-refractivity contribution in [3.05, 3.63) is 22.2 Å².